The molecule has 8 heteroatoms. The van der Waals surface area contributed by atoms with Gasteiger partial charge in [0.1, 0.15) is 6.04 Å². The summed E-state index contributed by atoms with van der Waals surface area (Å²) in [5.74, 6) is -2.01. The van der Waals surface area contributed by atoms with Crippen molar-refractivity contribution in [1.29, 1.82) is 0 Å². The van der Waals surface area contributed by atoms with E-state index in [1.165, 1.54) is 7.11 Å². The van der Waals surface area contributed by atoms with Gasteiger partial charge in [0, 0.05) is 6.54 Å². The summed E-state index contributed by atoms with van der Waals surface area (Å²) in [6.07, 6.45) is 0.658. The number of carboxylic acid groups (broad SMARTS) is 1. The van der Waals surface area contributed by atoms with Gasteiger partial charge in [0.2, 0.25) is 10.0 Å². The average molecular weight is 293 g/mol. The van der Waals surface area contributed by atoms with Crippen LogP contribution in [0.3, 0.4) is 0 Å². The fraction of sp³-hybridized carbons (Fsp3) is 0.818. The zero-order chi connectivity index (χ0) is 14.6. The summed E-state index contributed by atoms with van der Waals surface area (Å²) in [5, 5.41) is 9.12. The van der Waals surface area contributed by atoms with Crippen LogP contribution >= 0.6 is 0 Å². The second kappa shape index (κ2) is 6.33. The maximum absolute atomic E-state index is 12.1. The molecule has 0 saturated carbocycles. The largest absolute Gasteiger partial charge is 0.480 e. The Bertz CT molecular complexity index is 446. The van der Waals surface area contributed by atoms with Crippen LogP contribution in [0.15, 0.2) is 0 Å². The number of nitrogens with zero attached hydrogens (tertiary/aromatic N) is 1. The van der Waals surface area contributed by atoms with Crippen LogP contribution in [0.5, 0.6) is 0 Å². The molecule has 1 heterocycles. The molecule has 2 unspecified atom stereocenters. The maximum atomic E-state index is 12.1. The minimum Gasteiger partial charge on any atom is -0.480 e. The van der Waals surface area contributed by atoms with Crippen molar-refractivity contribution in [1.82, 2.24) is 4.31 Å². The van der Waals surface area contributed by atoms with Crippen molar-refractivity contribution < 1.29 is 27.9 Å². The van der Waals surface area contributed by atoms with Crippen molar-refractivity contribution in [3.8, 4) is 0 Å². The summed E-state index contributed by atoms with van der Waals surface area (Å²) < 4.78 is 29.5. The molecule has 110 valence electrons. The number of carbonyl (C=O) groups is 2. The Balaban J connectivity index is 2.80. The van der Waals surface area contributed by atoms with E-state index in [2.05, 4.69) is 4.74 Å². The highest BCUT2D eigenvalue weighted by atomic mass is 32.2. The minimum atomic E-state index is -3.75. The first-order valence-electron chi connectivity index (χ1n) is 6.07. The predicted molar refractivity (Wildman–Crippen MR) is 66.9 cm³/mol. The number of methoxy groups -OCH3 is 1. The van der Waals surface area contributed by atoms with Gasteiger partial charge in [-0.2, -0.15) is 4.31 Å². The van der Waals surface area contributed by atoms with Gasteiger partial charge in [-0.25, -0.2) is 8.42 Å². The van der Waals surface area contributed by atoms with Gasteiger partial charge in [0.15, 0.2) is 0 Å². The second-order valence-electron chi connectivity index (χ2n) is 4.74. The number of aliphatic carboxylic acids is 1. The number of carboxylic acids is 1. The Morgan fingerprint density at radius 2 is 2.05 bits per heavy atom. The molecule has 0 aromatic heterocycles. The number of hydrogen-bond acceptors (Lipinski definition) is 5. The number of carbonyl (C=O) groups excluding carboxylic acids is 1. The Morgan fingerprint density at radius 1 is 1.42 bits per heavy atom. The third-order valence-corrected chi connectivity index (χ3v) is 5.12. The molecule has 1 N–H and O–H groups in total. The van der Waals surface area contributed by atoms with Gasteiger partial charge < -0.3 is 9.84 Å². The SMILES string of the molecule is COC(=O)CCS(=O)(=O)N1CCC(C)CC1C(=O)O. The number of piperidine rings is 1. The summed E-state index contributed by atoms with van der Waals surface area (Å²) in [6.45, 7) is 2.08. The molecular formula is C11H19NO6S. The Kier molecular flexibility index (Phi) is 5.30. The molecule has 0 amide bonds. The van der Waals surface area contributed by atoms with Crippen LogP contribution in [0.2, 0.25) is 0 Å². The van der Waals surface area contributed by atoms with Crippen molar-refractivity contribution in [2.24, 2.45) is 5.92 Å². The summed E-state index contributed by atoms with van der Waals surface area (Å²) in [4.78, 5) is 22.1. The molecule has 0 spiro atoms. The lowest BCUT2D eigenvalue weighted by Crippen LogP contribution is -2.50. The number of ether oxygens (including phenoxy) is 1. The van der Waals surface area contributed by atoms with Gasteiger partial charge in [-0.15, -0.1) is 0 Å². The molecule has 7 nitrogen and oxygen atoms in total. The van der Waals surface area contributed by atoms with E-state index in [4.69, 9.17) is 5.11 Å². The van der Waals surface area contributed by atoms with E-state index < -0.39 is 33.8 Å². The van der Waals surface area contributed by atoms with Gasteiger partial charge in [-0.3, -0.25) is 9.59 Å². The third kappa shape index (κ3) is 4.17. The Morgan fingerprint density at radius 3 is 2.58 bits per heavy atom. The van der Waals surface area contributed by atoms with Crippen LogP contribution in [-0.2, 0) is 24.3 Å². The number of sulfonamides is 1. The van der Waals surface area contributed by atoms with Crippen molar-refractivity contribution in [3.05, 3.63) is 0 Å². The van der Waals surface area contributed by atoms with Crippen molar-refractivity contribution in [2.75, 3.05) is 19.4 Å². The molecule has 0 bridgehead atoms. The molecule has 0 aliphatic carbocycles. The van der Waals surface area contributed by atoms with Crippen molar-refractivity contribution in [2.45, 2.75) is 32.2 Å². The minimum absolute atomic E-state index is 0.174. The fourth-order valence-corrected chi connectivity index (χ4v) is 3.72. The van der Waals surface area contributed by atoms with Crippen molar-refractivity contribution in [3.63, 3.8) is 0 Å². The van der Waals surface area contributed by atoms with Crippen LogP contribution in [0.25, 0.3) is 0 Å². The molecule has 19 heavy (non-hydrogen) atoms. The van der Waals surface area contributed by atoms with Crippen LogP contribution in [0, 0.1) is 5.92 Å². The predicted octanol–water partition coefficient (Wildman–Crippen LogP) is 0.0644. The monoisotopic (exact) mass is 293 g/mol. The molecular weight excluding hydrogens is 274 g/mol. The van der Waals surface area contributed by atoms with E-state index in [9.17, 15) is 18.0 Å². The average Bonchev–Trinajstić information content (AvgIpc) is 2.35. The Labute approximate surface area is 112 Å². The van der Waals surface area contributed by atoms with E-state index >= 15 is 0 Å². The van der Waals surface area contributed by atoms with Crippen LogP contribution in [-0.4, -0.2) is 55.2 Å². The van der Waals surface area contributed by atoms with Gasteiger partial charge >= 0.3 is 11.9 Å². The number of hydrogen-bond donors (Lipinski definition) is 1. The van der Waals surface area contributed by atoms with Gasteiger partial charge in [0.05, 0.1) is 19.3 Å². The second-order valence-corrected chi connectivity index (χ2v) is 6.78. The zero-order valence-corrected chi connectivity index (χ0v) is 11.9. The zero-order valence-electron chi connectivity index (χ0n) is 11.0. The fourth-order valence-electron chi connectivity index (χ4n) is 2.11. The Hall–Kier alpha value is -1.15. The van der Waals surface area contributed by atoms with Gasteiger partial charge in [-0.05, 0) is 18.8 Å². The molecule has 0 radical (unpaired) electrons. The lowest BCUT2D eigenvalue weighted by Gasteiger charge is -2.34. The van der Waals surface area contributed by atoms with E-state index in [-0.39, 0.29) is 18.9 Å². The molecule has 0 aromatic carbocycles. The van der Waals surface area contributed by atoms with Crippen molar-refractivity contribution >= 4 is 22.0 Å². The number of esters is 1. The standard InChI is InChI=1S/C11H19NO6S/c1-8-3-5-12(9(7-8)11(14)15)19(16,17)6-4-10(13)18-2/h8-9H,3-7H2,1-2H3,(H,14,15). The smallest absolute Gasteiger partial charge is 0.322 e. The molecule has 1 aliphatic heterocycles. The third-order valence-electron chi connectivity index (χ3n) is 3.25. The summed E-state index contributed by atoms with van der Waals surface area (Å²) in [5.41, 5.74) is 0. The summed E-state index contributed by atoms with van der Waals surface area (Å²) >= 11 is 0. The summed E-state index contributed by atoms with van der Waals surface area (Å²) in [6, 6.07) is -1.04. The first kappa shape index (κ1) is 15.9. The topological polar surface area (TPSA) is 101 Å². The van der Waals surface area contributed by atoms with E-state index in [1.54, 1.807) is 0 Å². The molecule has 1 fully saturated rings. The maximum Gasteiger partial charge on any atom is 0.322 e. The molecule has 1 aliphatic rings. The van der Waals surface area contributed by atoms with Crippen LogP contribution in [0.4, 0.5) is 0 Å². The molecule has 1 rings (SSSR count). The van der Waals surface area contributed by atoms with Gasteiger partial charge in [0.25, 0.3) is 0 Å². The normalized spacial score (nSPS) is 24.9. The number of rotatable bonds is 5. The highest BCUT2D eigenvalue weighted by Gasteiger charge is 2.38. The van der Waals surface area contributed by atoms with Crippen LogP contribution in [0.1, 0.15) is 26.2 Å². The summed E-state index contributed by atoms with van der Waals surface area (Å²) in [7, 11) is -2.58. The van der Waals surface area contributed by atoms with Crippen LogP contribution < -0.4 is 0 Å². The molecule has 0 aromatic rings. The quantitative estimate of drug-likeness (QED) is 0.720. The first-order valence-corrected chi connectivity index (χ1v) is 7.68. The van der Waals surface area contributed by atoms with E-state index in [0.717, 1.165) is 4.31 Å². The van der Waals surface area contributed by atoms with E-state index in [0.29, 0.717) is 12.8 Å². The lowest BCUT2D eigenvalue weighted by atomic mass is 9.94. The highest BCUT2D eigenvalue weighted by Crippen LogP contribution is 2.25. The lowest BCUT2D eigenvalue weighted by molar-refractivity contribution is -0.143. The highest BCUT2D eigenvalue weighted by molar-refractivity contribution is 7.89. The van der Waals surface area contributed by atoms with Gasteiger partial charge in [-0.1, -0.05) is 6.92 Å². The molecule has 2 atom stereocenters. The molecule has 1 saturated heterocycles. The van der Waals surface area contributed by atoms with E-state index in [1.807, 2.05) is 6.92 Å². The first-order chi connectivity index (χ1) is 8.77.